The average molecular weight is 562 g/mol. The van der Waals surface area contributed by atoms with E-state index in [2.05, 4.69) is 10.6 Å². The summed E-state index contributed by atoms with van der Waals surface area (Å²) in [6.45, 7) is 2.63. The van der Waals surface area contributed by atoms with Crippen molar-refractivity contribution in [1.29, 1.82) is 0 Å². The average Bonchev–Trinajstić information content (AvgIpc) is 2.79. The van der Waals surface area contributed by atoms with Gasteiger partial charge in [0.2, 0.25) is 11.8 Å². The second-order valence-electron chi connectivity index (χ2n) is 8.61. The quantitative estimate of drug-likeness (QED) is 0.354. The van der Waals surface area contributed by atoms with E-state index in [9.17, 15) is 27.2 Å². The second-order valence-corrected chi connectivity index (χ2v) is 10.7. The Labute approximate surface area is 242 Å². The van der Waals surface area contributed by atoms with Gasteiger partial charge in [0.05, 0.1) is 22.9 Å². The first-order valence-corrected chi connectivity index (χ1v) is 12.8. The third-order valence-electron chi connectivity index (χ3n) is 5.90. The van der Waals surface area contributed by atoms with Crippen LogP contribution in [0.3, 0.4) is 0 Å². The van der Waals surface area contributed by atoms with E-state index in [0.717, 1.165) is 22.0 Å². The van der Waals surface area contributed by atoms with Gasteiger partial charge < -0.3 is 21.2 Å². The number of benzene rings is 2. The largest absolute Gasteiger partial charge is 1.00 e. The zero-order chi connectivity index (χ0) is 26.8. The van der Waals surface area contributed by atoms with Crippen molar-refractivity contribution >= 4 is 45.2 Å². The molecule has 0 atom stereocenters. The third-order valence-corrected chi connectivity index (χ3v) is 7.61. The number of hydrogen-bond acceptors (Lipinski definition) is 6. The van der Waals surface area contributed by atoms with Gasteiger partial charge in [-0.15, -0.1) is 5.69 Å². The van der Waals surface area contributed by atoms with Crippen LogP contribution in [0.25, 0.3) is 5.32 Å². The zero-order valence-corrected chi connectivity index (χ0v) is 24.4. The van der Waals surface area contributed by atoms with Gasteiger partial charge in [-0.05, 0) is 29.2 Å². The van der Waals surface area contributed by atoms with Crippen molar-refractivity contribution in [2.75, 3.05) is 26.7 Å². The minimum absolute atomic E-state index is 0. The number of hydrogen-bond donors (Lipinski definition) is 3. The standard InChI is InChI=1S/C23H27ClFN5O5S.Na/c1-13(2)14-6-4-5-7-16(14)23(11-30(12-23)36(34,35)29-20(31)10-26)22(33)28-19-9-18(25)17(24)8-15(19)21(32)27-3;/h4-9,13H,10-12,26H2,1-3H3,(H3,27,28,29,31,32,33);/q;+1/p-1. The Hall–Kier alpha value is -2.06. The van der Waals surface area contributed by atoms with E-state index < -0.39 is 45.7 Å². The van der Waals surface area contributed by atoms with Crippen molar-refractivity contribution in [3.05, 3.63) is 69.2 Å². The first kappa shape index (κ1) is 31.2. The van der Waals surface area contributed by atoms with Crippen molar-refractivity contribution in [2.45, 2.75) is 25.2 Å². The summed E-state index contributed by atoms with van der Waals surface area (Å²) < 4.78 is 42.3. The topological polar surface area (TPSA) is 153 Å². The number of halogens is 2. The molecule has 4 N–H and O–H groups in total. The molecular formula is C23H26ClFN5NaO5S. The van der Waals surface area contributed by atoms with Crippen molar-refractivity contribution in [1.82, 2.24) is 14.3 Å². The summed E-state index contributed by atoms with van der Waals surface area (Å²) in [6.07, 6.45) is 0. The van der Waals surface area contributed by atoms with Crippen LogP contribution in [0.15, 0.2) is 36.4 Å². The molecule has 0 aromatic heterocycles. The molecule has 0 saturated carbocycles. The number of nitrogens with one attached hydrogen (secondary N) is 2. The van der Waals surface area contributed by atoms with Crippen molar-refractivity contribution in [3.8, 4) is 0 Å². The molecule has 1 aliphatic heterocycles. The van der Waals surface area contributed by atoms with Gasteiger partial charge in [0.15, 0.2) is 0 Å². The molecule has 10 nitrogen and oxygen atoms in total. The third kappa shape index (κ3) is 6.33. The number of amides is 3. The molecular weight excluding hydrogens is 536 g/mol. The van der Waals surface area contributed by atoms with Gasteiger partial charge in [-0.25, -0.2) is 9.11 Å². The van der Waals surface area contributed by atoms with Crippen molar-refractivity contribution in [2.24, 2.45) is 5.73 Å². The van der Waals surface area contributed by atoms with Crippen LogP contribution in [-0.4, -0.2) is 57.1 Å². The van der Waals surface area contributed by atoms with Gasteiger partial charge in [-0.2, -0.15) is 12.7 Å². The van der Waals surface area contributed by atoms with E-state index in [-0.39, 0.29) is 64.8 Å². The molecule has 1 aliphatic rings. The molecule has 0 bridgehead atoms. The molecule has 0 radical (unpaired) electrons. The smallest absolute Gasteiger partial charge is 0.625 e. The predicted octanol–water partition coefficient (Wildman–Crippen LogP) is -0.929. The van der Waals surface area contributed by atoms with Crippen LogP contribution in [-0.2, 0) is 25.2 Å². The van der Waals surface area contributed by atoms with E-state index in [0.29, 0.717) is 5.56 Å². The maximum Gasteiger partial charge on any atom is 1.00 e. The fourth-order valence-corrected chi connectivity index (χ4v) is 5.44. The molecule has 3 amide bonds. The molecule has 1 fully saturated rings. The fourth-order valence-electron chi connectivity index (χ4n) is 3.99. The zero-order valence-electron chi connectivity index (χ0n) is 20.8. The van der Waals surface area contributed by atoms with E-state index >= 15 is 0 Å². The van der Waals surface area contributed by atoms with Crippen LogP contribution in [0.4, 0.5) is 10.1 Å². The maximum absolute atomic E-state index is 14.3. The first-order valence-electron chi connectivity index (χ1n) is 10.9. The fraction of sp³-hybridized carbons (Fsp3) is 0.348. The molecule has 2 aromatic carbocycles. The van der Waals surface area contributed by atoms with Crippen LogP contribution in [0, 0.1) is 5.82 Å². The van der Waals surface area contributed by atoms with Gasteiger partial charge in [-0.1, -0.05) is 49.7 Å². The normalized spacial score (nSPS) is 14.8. The second kappa shape index (κ2) is 12.2. The molecule has 0 aliphatic carbocycles. The monoisotopic (exact) mass is 561 g/mol. The number of carbonyl (C=O) groups excluding carboxylic acids is 3. The Kier molecular flexibility index (Phi) is 10.3. The SMILES string of the molecule is CNC(=O)c1cc(Cl)c(F)cc1[N-]C(=O)C1(c2ccccc2C(C)C)CN(S(=O)(=O)NC(=O)CN)C1.[Na+]. The van der Waals surface area contributed by atoms with E-state index in [1.165, 1.54) is 7.05 Å². The molecule has 14 heteroatoms. The summed E-state index contributed by atoms with van der Waals surface area (Å²) in [7, 11) is -2.92. The first-order chi connectivity index (χ1) is 16.9. The molecule has 2 aromatic rings. The Morgan fingerprint density at radius 2 is 1.84 bits per heavy atom. The van der Waals surface area contributed by atoms with Crippen LogP contribution in [0.2, 0.25) is 5.02 Å². The molecule has 194 valence electrons. The van der Waals surface area contributed by atoms with Crippen LogP contribution in [0.5, 0.6) is 0 Å². The summed E-state index contributed by atoms with van der Waals surface area (Å²) in [5.74, 6) is -3.22. The molecule has 0 unspecified atom stereocenters. The maximum atomic E-state index is 14.3. The van der Waals surface area contributed by atoms with Gasteiger partial charge in [0, 0.05) is 25.7 Å². The minimum atomic E-state index is -4.27. The summed E-state index contributed by atoms with van der Waals surface area (Å²) >= 11 is 5.83. The van der Waals surface area contributed by atoms with Gasteiger partial charge in [0.1, 0.15) is 5.82 Å². The number of carbonyl (C=O) groups is 3. The van der Waals surface area contributed by atoms with Crippen molar-refractivity contribution in [3.63, 3.8) is 0 Å². The van der Waals surface area contributed by atoms with Crippen molar-refractivity contribution < 1.29 is 56.7 Å². The van der Waals surface area contributed by atoms with Gasteiger partial charge >= 0.3 is 39.8 Å². The summed E-state index contributed by atoms with van der Waals surface area (Å²) in [4.78, 5) is 37.7. The Morgan fingerprint density at radius 1 is 1.22 bits per heavy atom. The minimum Gasteiger partial charge on any atom is -0.625 e. The molecule has 37 heavy (non-hydrogen) atoms. The molecule has 1 saturated heterocycles. The number of nitrogens with zero attached hydrogens (tertiary/aromatic N) is 2. The van der Waals surface area contributed by atoms with Crippen LogP contribution in [0.1, 0.15) is 41.3 Å². The van der Waals surface area contributed by atoms with E-state index in [1.807, 2.05) is 24.6 Å². The van der Waals surface area contributed by atoms with Crippen LogP contribution < -0.4 is 45.3 Å². The molecule has 1 heterocycles. The summed E-state index contributed by atoms with van der Waals surface area (Å²) in [6, 6.07) is 8.97. The Morgan fingerprint density at radius 3 is 2.41 bits per heavy atom. The van der Waals surface area contributed by atoms with Gasteiger partial charge in [-0.3, -0.25) is 9.59 Å². The van der Waals surface area contributed by atoms with E-state index in [1.54, 1.807) is 18.2 Å². The summed E-state index contributed by atoms with van der Waals surface area (Å²) in [5, 5.41) is 6.13. The Balaban J connectivity index is 0.00000481. The predicted molar refractivity (Wildman–Crippen MR) is 133 cm³/mol. The molecule has 3 rings (SSSR count). The number of rotatable bonds is 8. The van der Waals surface area contributed by atoms with E-state index in [4.69, 9.17) is 17.3 Å². The molecule has 0 spiro atoms. The number of nitrogens with two attached hydrogens (primary N) is 1. The van der Waals surface area contributed by atoms with Crippen LogP contribution >= 0.6 is 11.6 Å². The Bertz CT molecular complexity index is 1320. The van der Waals surface area contributed by atoms with Gasteiger partial charge in [0.25, 0.3) is 0 Å². The summed E-state index contributed by atoms with van der Waals surface area (Å²) in [5.41, 5.74) is 4.72.